The summed E-state index contributed by atoms with van der Waals surface area (Å²) in [5, 5.41) is 3.68. The molecule has 2 fully saturated rings. The smallest absolute Gasteiger partial charge is 0.00966 e. The first kappa shape index (κ1) is 12.4. The summed E-state index contributed by atoms with van der Waals surface area (Å²) >= 11 is 0. The molecule has 2 aliphatic rings. The van der Waals surface area contributed by atoms with Crippen molar-refractivity contribution in [3.8, 4) is 0 Å². The Hall–Kier alpha value is -0.0400. The lowest BCUT2D eigenvalue weighted by Gasteiger charge is -2.23. The van der Waals surface area contributed by atoms with Crippen molar-refractivity contribution >= 4 is 0 Å². The second kappa shape index (κ2) is 3.48. The molecule has 0 radical (unpaired) electrons. The van der Waals surface area contributed by atoms with Crippen molar-refractivity contribution in [2.45, 2.75) is 66.3 Å². The fraction of sp³-hybridized carbons (Fsp3) is 1.00. The molecule has 0 bridgehead atoms. The Morgan fingerprint density at radius 2 is 1.81 bits per heavy atom. The molecule has 0 heterocycles. The molecule has 3 unspecified atom stereocenters. The van der Waals surface area contributed by atoms with Crippen LogP contribution in [0.3, 0.4) is 0 Å². The molecule has 0 aromatic heterocycles. The second-order valence-electron chi connectivity index (χ2n) is 8.21. The van der Waals surface area contributed by atoms with E-state index in [0.717, 1.165) is 11.8 Å². The summed E-state index contributed by atoms with van der Waals surface area (Å²) in [6, 6.07) is 0. The second-order valence-corrected chi connectivity index (χ2v) is 8.21. The van der Waals surface area contributed by atoms with Crippen LogP contribution in [0.5, 0.6) is 0 Å². The first-order valence-electron chi connectivity index (χ1n) is 6.90. The monoisotopic (exact) mass is 223 g/mol. The summed E-state index contributed by atoms with van der Waals surface area (Å²) < 4.78 is 0. The summed E-state index contributed by atoms with van der Waals surface area (Å²) in [4.78, 5) is 0. The van der Waals surface area contributed by atoms with Crippen molar-refractivity contribution in [1.82, 2.24) is 5.32 Å². The van der Waals surface area contributed by atoms with Gasteiger partial charge in [0.2, 0.25) is 0 Å². The third kappa shape index (κ3) is 2.30. The van der Waals surface area contributed by atoms with E-state index in [2.05, 4.69) is 46.9 Å². The number of hydrogen-bond acceptors (Lipinski definition) is 1. The lowest BCUT2D eigenvalue weighted by molar-refractivity contribution is 0.316. The lowest BCUT2D eigenvalue weighted by Crippen LogP contribution is -2.38. The molecule has 0 aromatic rings. The third-order valence-corrected chi connectivity index (χ3v) is 4.81. The van der Waals surface area contributed by atoms with Gasteiger partial charge in [0.15, 0.2) is 0 Å². The van der Waals surface area contributed by atoms with Crippen LogP contribution in [0.1, 0.15) is 60.8 Å². The zero-order valence-electron chi connectivity index (χ0n) is 12.0. The number of rotatable bonds is 2. The first-order chi connectivity index (χ1) is 7.15. The molecule has 16 heavy (non-hydrogen) atoms. The van der Waals surface area contributed by atoms with Crippen LogP contribution in [-0.2, 0) is 0 Å². The minimum atomic E-state index is 0.279. The van der Waals surface area contributed by atoms with Gasteiger partial charge in [0.1, 0.15) is 0 Å². The lowest BCUT2D eigenvalue weighted by atomic mass is 9.88. The van der Waals surface area contributed by atoms with Gasteiger partial charge >= 0.3 is 0 Å². The zero-order chi connectivity index (χ0) is 12.2. The van der Waals surface area contributed by atoms with Crippen molar-refractivity contribution in [1.29, 1.82) is 0 Å². The first-order valence-corrected chi connectivity index (χ1v) is 6.90. The van der Waals surface area contributed by atoms with Gasteiger partial charge in [-0.15, -0.1) is 0 Å². The highest BCUT2D eigenvalue weighted by molar-refractivity contribution is 5.12. The van der Waals surface area contributed by atoms with Crippen LogP contribution < -0.4 is 5.32 Å². The largest absolute Gasteiger partial charge is 0.312 e. The molecular weight excluding hydrogens is 194 g/mol. The normalized spacial score (nSPS) is 41.6. The fourth-order valence-electron chi connectivity index (χ4n) is 4.09. The maximum Gasteiger partial charge on any atom is 0.00966 e. The molecule has 0 saturated heterocycles. The van der Waals surface area contributed by atoms with Gasteiger partial charge in [-0.25, -0.2) is 0 Å². The standard InChI is InChI=1S/C15H29N/c1-11-7-14(5,6)10-15(11)8-12(15)9-16-13(2,3)4/h11-12,16H,7-10H2,1-6H3. The van der Waals surface area contributed by atoms with Crippen LogP contribution in [0, 0.1) is 22.7 Å². The van der Waals surface area contributed by atoms with Gasteiger partial charge in [0.05, 0.1) is 0 Å². The van der Waals surface area contributed by atoms with Gasteiger partial charge in [-0.05, 0) is 69.2 Å². The van der Waals surface area contributed by atoms with E-state index < -0.39 is 0 Å². The van der Waals surface area contributed by atoms with Gasteiger partial charge in [0, 0.05) is 5.54 Å². The summed E-state index contributed by atoms with van der Waals surface area (Å²) in [7, 11) is 0. The molecular formula is C15H29N. The SMILES string of the molecule is CC1CC(C)(C)CC12CC2CNC(C)(C)C. The van der Waals surface area contributed by atoms with E-state index in [1.54, 1.807) is 0 Å². The van der Waals surface area contributed by atoms with Crippen molar-refractivity contribution < 1.29 is 0 Å². The van der Waals surface area contributed by atoms with E-state index in [1.807, 2.05) is 0 Å². The average Bonchev–Trinajstić information content (AvgIpc) is 2.67. The van der Waals surface area contributed by atoms with E-state index in [1.165, 1.54) is 25.8 Å². The average molecular weight is 223 g/mol. The molecule has 2 aliphatic carbocycles. The molecule has 1 heteroatoms. The van der Waals surface area contributed by atoms with Crippen molar-refractivity contribution in [2.75, 3.05) is 6.54 Å². The zero-order valence-corrected chi connectivity index (χ0v) is 12.0. The van der Waals surface area contributed by atoms with Gasteiger partial charge in [-0.2, -0.15) is 0 Å². The Labute approximate surface area is 101 Å². The minimum Gasteiger partial charge on any atom is -0.312 e. The summed E-state index contributed by atoms with van der Waals surface area (Å²) in [6.07, 6.45) is 4.36. The molecule has 0 aromatic carbocycles. The van der Waals surface area contributed by atoms with Gasteiger partial charge < -0.3 is 5.32 Å². The molecule has 2 saturated carbocycles. The van der Waals surface area contributed by atoms with E-state index in [4.69, 9.17) is 0 Å². The molecule has 0 amide bonds. The van der Waals surface area contributed by atoms with Crippen LogP contribution in [0.2, 0.25) is 0 Å². The molecule has 3 atom stereocenters. The van der Waals surface area contributed by atoms with Crippen LogP contribution in [0.4, 0.5) is 0 Å². The molecule has 94 valence electrons. The van der Waals surface area contributed by atoms with Crippen molar-refractivity contribution in [3.63, 3.8) is 0 Å². The van der Waals surface area contributed by atoms with Crippen molar-refractivity contribution in [2.24, 2.45) is 22.7 Å². The number of hydrogen-bond donors (Lipinski definition) is 1. The highest BCUT2D eigenvalue weighted by atomic mass is 15.0. The van der Waals surface area contributed by atoms with Crippen LogP contribution >= 0.6 is 0 Å². The van der Waals surface area contributed by atoms with E-state index in [9.17, 15) is 0 Å². The predicted molar refractivity (Wildman–Crippen MR) is 70.5 cm³/mol. The summed E-state index contributed by atoms with van der Waals surface area (Å²) in [5.74, 6) is 1.89. The summed E-state index contributed by atoms with van der Waals surface area (Å²) in [5.41, 5.74) is 1.58. The van der Waals surface area contributed by atoms with Crippen LogP contribution in [0.15, 0.2) is 0 Å². The van der Waals surface area contributed by atoms with Gasteiger partial charge in [-0.3, -0.25) is 0 Å². The molecule has 1 nitrogen and oxygen atoms in total. The van der Waals surface area contributed by atoms with Crippen LogP contribution in [-0.4, -0.2) is 12.1 Å². The maximum atomic E-state index is 3.68. The molecule has 1 N–H and O–H groups in total. The highest BCUT2D eigenvalue weighted by Crippen LogP contribution is 2.69. The fourth-order valence-corrected chi connectivity index (χ4v) is 4.09. The predicted octanol–water partition coefficient (Wildman–Crippen LogP) is 3.84. The third-order valence-electron chi connectivity index (χ3n) is 4.81. The molecule has 1 spiro atoms. The van der Waals surface area contributed by atoms with E-state index >= 15 is 0 Å². The molecule has 0 aliphatic heterocycles. The van der Waals surface area contributed by atoms with Crippen LogP contribution in [0.25, 0.3) is 0 Å². The highest BCUT2D eigenvalue weighted by Gasteiger charge is 2.62. The van der Waals surface area contributed by atoms with Gasteiger partial charge in [0.25, 0.3) is 0 Å². The minimum absolute atomic E-state index is 0.279. The van der Waals surface area contributed by atoms with Crippen molar-refractivity contribution in [3.05, 3.63) is 0 Å². The Bertz CT molecular complexity index is 274. The number of nitrogens with one attached hydrogen (secondary N) is 1. The Kier molecular flexibility index (Phi) is 2.70. The Balaban J connectivity index is 1.90. The van der Waals surface area contributed by atoms with E-state index in [-0.39, 0.29) is 5.54 Å². The summed E-state index contributed by atoms with van der Waals surface area (Å²) in [6.45, 7) is 15.4. The molecule has 2 rings (SSSR count). The topological polar surface area (TPSA) is 12.0 Å². The Morgan fingerprint density at radius 1 is 1.19 bits per heavy atom. The van der Waals surface area contributed by atoms with Gasteiger partial charge in [-0.1, -0.05) is 20.8 Å². The van der Waals surface area contributed by atoms with E-state index in [0.29, 0.717) is 10.8 Å². The Morgan fingerprint density at radius 3 is 2.25 bits per heavy atom. The maximum absolute atomic E-state index is 3.68. The quantitative estimate of drug-likeness (QED) is 0.750.